The minimum absolute atomic E-state index is 0.0138. The van der Waals surface area contributed by atoms with Crippen molar-refractivity contribution in [2.45, 2.75) is 38.6 Å². The van der Waals surface area contributed by atoms with Gasteiger partial charge >= 0.3 is 0 Å². The predicted molar refractivity (Wildman–Crippen MR) is 87.1 cm³/mol. The second-order valence-electron chi connectivity index (χ2n) is 6.03. The van der Waals surface area contributed by atoms with Gasteiger partial charge in [-0.2, -0.15) is 4.99 Å². The Kier molecular flexibility index (Phi) is 4.84. The number of rotatable bonds is 4. The Morgan fingerprint density at radius 3 is 2.55 bits per heavy atom. The highest BCUT2D eigenvalue weighted by Gasteiger charge is 2.17. The molecule has 1 aromatic heterocycles. The fourth-order valence-electron chi connectivity index (χ4n) is 3.12. The molecule has 3 heteroatoms. The summed E-state index contributed by atoms with van der Waals surface area (Å²) in [6.07, 6.45) is 7.46. The largest absolute Gasteiger partial charge is 0.329 e. The van der Waals surface area contributed by atoms with Gasteiger partial charge in [-0.25, -0.2) is 0 Å². The Balaban J connectivity index is 1.78. The van der Waals surface area contributed by atoms with E-state index in [-0.39, 0.29) is 5.91 Å². The average molecular weight is 294 g/mol. The number of hydrogen-bond acceptors (Lipinski definition) is 1. The van der Waals surface area contributed by atoms with Crippen LogP contribution in [-0.2, 0) is 11.3 Å². The number of aromatic nitrogens is 1. The number of pyridine rings is 1. The molecule has 3 rings (SSSR count). The molecular formula is C19H22N2O. The van der Waals surface area contributed by atoms with E-state index >= 15 is 0 Å². The van der Waals surface area contributed by atoms with Crippen molar-refractivity contribution in [3.8, 4) is 0 Å². The quantitative estimate of drug-likeness (QED) is 0.849. The van der Waals surface area contributed by atoms with Gasteiger partial charge in [-0.15, -0.1) is 0 Å². The Morgan fingerprint density at radius 2 is 1.77 bits per heavy atom. The molecule has 1 aromatic carbocycles. The monoisotopic (exact) mass is 294 g/mol. The smallest absolute Gasteiger partial charge is 0.247 e. The molecule has 0 N–H and O–H groups in total. The highest BCUT2D eigenvalue weighted by Crippen LogP contribution is 2.27. The van der Waals surface area contributed by atoms with Crippen molar-refractivity contribution in [3.05, 3.63) is 65.8 Å². The molecule has 1 saturated carbocycles. The van der Waals surface area contributed by atoms with Gasteiger partial charge in [0.05, 0.1) is 0 Å². The number of benzene rings is 1. The number of carbonyl (C=O) groups is 1. The maximum Gasteiger partial charge on any atom is 0.247 e. The van der Waals surface area contributed by atoms with Gasteiger partial charge in [-0.1, -0.05) is 49.2 Å². The van der Waals surface area contributed by atoms with Crippen LogP contribution in [0.1, 0.15) is 37.7 Å². The molecule has 0 unspecified atom stereocenters. The van der Waals surface area contributed by atoms with Gasteiger partial charge in [0.15, 0.2) is 0 Å². The molecule has 0 radical (unpaired) electrons. The molecule has 1 heterocycles. The second kappa shape index (κ2) is 7.21. The van der Waals surface area contributed by atoms with Crippen LogP contribution in [0.25, 0.3) is 0 Å². The van der Waals surface area contributed by atoms with Crippen LogP contribution in [-0.4, -0.2) is 10.5 Å². The van der Waals surface area contributed by atoms with Gasteiger partial charge in [0.25, 0.3) is 0 Å². The normalized spacial score (nSPS) is 16.1. The zero-order valence-corrected chi connectivity index (χ0v) is 12.8. The first-order chi connectivity index (χ1) is 10.8. The predicted octanol–water partition coefficient (Wildman–Crippen LogP) is 3.54. The summed E-state index contributed by atoms with van der Waals surface area (Å²) < 4.78 is 2.03. The lowest BCUT2D eigenvalue weighted by atomic mass is 10.0. The van der Waals surface area contributed by atoms with E-state index in [2.05, 4.69) is 17.1 Å². The number of amides is 1. The number of hydrogen-bond donors (Lipinski definition) is 0. The average Bonchev–Trinajstić information content (AvgIpc) is 3.03. The first kappa shape index (κ1) is 14.8. The molecule has 3 nitrogen and oxygen atoms in total. The van der Waals surface area contributed by atoms with Crippen molar-refractivity contribution in [1.29, 1.82) is 0 Å². The summed E-state index contributed by atoms with van der Waals surface area (Å²) in [6, 6.07) is 16.1. The van der Waals surface area contributed by atoms with Crippen molar-refractivity contribution >= 4 is 5.91 Å². The first-order valence-electron chi connectivity index (χ1n) is 8.08. The van der Waals surface area contributed by atoms with Crippen molar-refractivity contribution in [2.24, 2.45) is 10.9 Å². The number of carbonyl (C=O) groups excluding carboxylic acids is 1. The molecule has 0 saturated heterocycles. The summed E-state index contributed by atoms with van der Waals surface area (Å²) in [6.45, 7) is 0.733. The minimum Gasteiger partial charge on any atom is -0.329 e. The van der Waals surface area contributed by atoms with E-state index in [0.29, 0.717) is 12.3 Å². The van der Waals surface area contributed by atoms with Crippen LogP contribution in [0, 0.1) is 5.92 Å². The van der Waals surface area contributed by atoms with Crippen molar-refractivity contribution in [1.82, 2.24) is 4.57 Å². The van der Waals surface area contributed by atoms with E-state index in [1.807, 2.05) is 47.2 Å². The summed E-state index contributed by atoms with van der Waals surface area (Å²) in [5.74, 6) is 0.558. The van der Waals surface area contributed by atoms with E-state index in [9.17, 15) is 4.79 Å². The second-order valence-corrected chi connectivity index (χ2v) is 6.03. The Hall–Kier alpha value is -2.16. The fraction of sp³-hybridized carbons (Fsp3) is 0.368. The minimum atomic E-state index is 0.0138. The maximum absolute atomic E-state index is 12.2. The third-order valence-corrected chi connectivity index (χ3v) is 4.29. The van der Waals surface area contributed by atoms with Crippen LogP contribution in [0.5, 0.6) is 0 Å². The Morgan fingerprint density at radius 1 is 1.05 bits per heavy atom. The molecule has 114 valence electrons. The first-order valence-corrected chi connectivity index (χ1v) is 8.08. The lowest BCUT2D eigenvalue weighted by Gasteiger charge is -2.08. The molecule has 0 aliphatic heterocycles. The van der Waals surface area contributed by atoms with Crippen LogP contribution >= 0.6 is 0 Å². The van der Waals surface area contributed by atoms with Crippen molar-refractivity contribution in [2.75, 3.05) is 0 Å². The molecule has 1 amide bonds. The van der Waals surface area contributed by atoms with Crippen molar-refractivity contribution in [3.63, 3.8) is 0 Å². The van der Waals surface area contributed by atoms with Gasteiger partial charge < -0.3 is 4.57 Å². The molecule has 0 atom stereocenters. The summed E-state index contributed by atoms with van der Waals surface area (Å²) in [7, 11) is 0. The van der Waals surface area contributed by atoms with Gasteiger partial charge in [0.2, 0.25) is 5.91 Å². The fourth-order valence-corrected chi connectivity index (χ4v) is 3.12. The lowest BCUT2D eigenvalue weighted by molar-refractivity contribution is -0.119. The lowest BCUT2D eigenvalue weighted by Crippen LogP contribution is -2.22. The Labute approximate surface area is 131 Å². The van der Waals surface area contributed by atoms with Crippen molar-refractivity contribution < 1.29 is 4.79 Å². The molecule has 0 bridgehead atoms. The summed E-state index contributed by atoms with van der Waals surface area (Å²) >= 11 is 0. The van der Waals surface area contributed by atoms with Gasteiger partial charge in [0, 0.05) is 19.2 Å². The Bertz CT molecular complexity index is 682. The third kappa shape index (κ3) is 3.94. The van der Waals surface area contributed by atoms with E-state index in [4.69, 9.17) is 0 Å². The maximum atomic E-state index is 12.2. The summed E-state index contributed by atoms with van der Waals surface area (Å²) in [5, 5.41) is 0. The molecule has 22 heavy (non-hydrogen) atoms. The van der Waals surface area contributed by atoms with E-state index in [0.717, 1.165) is 12.0 Å². The van der Waals surface area contributed by atoms with Crippen LogP contribution < -0.4 is 5.49 Å². The molecule has 1 fully saturated rings. The SMILES string of the molecule is O=C(CC1CCCC1)N=c1ccccn1Cc1ccccc1. The number of nitrogens with zero attached hydrogens (tertiary/aromatic N) is 2. The summed E-state index contributed by atoms with van der Waals surface area (Å²) in [5.41, 5.74) is 1.95. The highest BCUT2D eigenvalue weighted by atomic mass is 16.1. The van der Waals surface area contributed by atoms with Crippen LogP contribution in [0.3, 0.4) is 0 Å². The van der Waals surface area contributed by atoms with Crippen LogP contribution in [0.2, 0.25) is 0 Å². The highest BCUT2D eigenvalue weighted by molar-refractivity contribution is 5.77. The standard InChI is InChI=1S/C19H22N2O/c22-19(14-16-8-4-5-9-16)20-18-12-6-7-13-21(18)15-17-10-2-1-3-11-17/h1-3,6-7,10-13,16H,4-5,8-9,14-15H2. The van der Waals surface area contributed by atoms with Gasteiger partial charge in [-0.3, -0.25) is 4.79 Å². The van der Waals surface area contributed by atoms with Gasteiger partial charge in [-0.05, 0) is 36.5 Å². The van der Waals surface area contributed by atoms with Gasteiger partial charge in [0.1, 0.15) is 5.49 Å². The van der Waals surface area contributed by atoms with E-state index in [1.165, 1.54) is 31.2 Å². The van der Waals surface area contributed by atoms with Crippen LogP contribution in [0.15, 0.2) is 59.7 Å². The van der Waals surface area contributed by atoms with E-state index in [1.54, 1.807) is 0 Å². The molecule has 0 spiro atoms. The zero-order valence-electron chi connectivity index (χ0n) is 12.8. The zero-order chi connectivity index (χ0) is 15.2. The summed E-state index contributed by atoms with van der Waals surface area (Å²) in [4.78, 5) is 16.5. The molecule has 2 aromatic rings. The molecule has 1 aliphatic rings. The third-order valence-electron chi connectivity index (χ3n) is 4.29. The molecule has 1 aliphatic carbocycles. The molecular weight excluding hydrogens is 272 g/mol. The van der Waals surface area contributed by atoms with Crippen LogP contribution in [0.4, 0.5) is 0 Å². The van der Waals surface area contributed by atoms with E-state index < -0.39 is 0 Å². The topological polar surface area (TPSA) is 34.4 Å².